The van der Waals surface area contributed by atoms with Gasteiger partial charge in [-0.3, -0.25) is 0 Å². The van der Waals surface area contributed by atoms with Crippen molar-refractivity contribution in [2.24, 2.45) is 0 Å². The summed E-state index contributed by atoms with van der Waals surface area (Å²) >= 11 is 11.5. The number of aromatic nitrogens is 2. The highest BCUT2D eigenvalue weighted by atomic mass is 35.5. The van der Waals surface area contributed by atoms with Crippen molar-refractivity contribution in [2.45, 2.75) is 0 Å². The first-order chi connectivity index (χ1) is 7.58. The average molecular weight is 257 g/mol. The molecule has 2 rings (SSSR count). The van der Waals surface area contributed by atoms with Gasteiger partial charge in [0.15, 0.2) is 10.3 Å². The first kappa shape index (κ1) is 11.0. The van der Waals surface area contributed by atoms with E-state index in [0.29, 0.717) is 11.1 Å². The molecule has 0 saturated heterocycles. The van der Waals surface area contributed by atoms with Crippen molar-refractivity contribution in [2.75, 3.05) is 0 Å². The Morgan fingerprint density at radius 1 is 0.938 bits per heavy atom. The SMILES string of the molecule is Oc1ccc(-c2cc(Cl)nnc2Cl)c(O)c1. The zero-order valence-electron chi connectivity index (χ0n) is 7.85. The number of rotatable bonds is 1. The Morgan fingerprint density at radius 2 is 1.69 bits per heavy atom. The van der Waals surface area contributed by atoms with Gasteiger partial charge in [0.1, 0.15) is 11.5 Å². The van der Waals surface area contributed by atoms with E-state index in [1.807, 2.05) is 0 Å². The second-order valence-corrected chi connectivity index (χ2v) is 3.82. The molecule has 82 valence electrons. The fourth-order valence-corrected chi connectivity index (χ4v) is 1.63. The molecule has 1 aromatic heterocycles. The summed E-state index contributed by atoms with van der Waals surface area (Å²) in [5.41, 5.74) is 0.888. The maximum Gasteiger partial charge on any atom is 0.159 e. The minimum atomic E-state index is -0.106. The minimum absolute atomic E-state index is 0.0366. The van der Waals surface area contributed by atoms with Gasteiger partial charge in [0, 0.05) is 17.2 Å². The maximum absolute atomic E-state index is 9.65. The lowest BCUT2D eigenvalue weighted by Crippen LogP contribution is -1.88. The molecule has 6 heteroatoms. The van der Waals surface area contributed by atoms with Crippen LogP contribution in [0.15, 0.2) is 24.3 Å². The van der Waals surface area contributed by atoms with E-state index in [4.69, 9.17) is 28.3 Å². The molecule has 0 fully saturated rings. The van der Waals surface area contributed by atoms with E-state index in [0.717, 1.165) is 0 Å². The van der Waals surface area contributed by atoms with Crippen LogP contribution in [0.5, 0.6) is 11.5 Å². The predicted molar refractivity (Wildman–Crippen MR) is 60.8 cm³/mol. The molecule has 2 N–H and O–H groups in total. The lowest BCUT2D eigenvalue weighted by molar-refractivity contribution is 0.452. The summed E-state index contributed by atoms with van der Waals surface area (Å²) in [6.07, 6.45) is 0. The van der Waals surface area contributed by atoms with Gasteiger partial charge < -0.3 is 10.2 Å². The second kappa shape index (κ2) is 4.15. The molecule has 16 heavy (non-hydrogen) atoms. The van der Waals surface area contributed by atoms with Gasteiger partial charge >= 0.3 is 0 Å². The van der Waals surface area contributed by atoms with Crippen molar-refractivity contribution < 1.29 is 10.2 Å². The van der Waals surface area contributed by atoms with Crippen LogP contribution in [0, 0.1) is 0 Å². The number of nitrogens with zero attached hydrogens (tertiary/aromatic N) is 2. The summed E-state index contributed by atoms with van der Waals surface area (Å²) in [5.74, 6) is -0.142. The smallest absolute Gasteiger partial charge is 0.159 e. The molecule has 1 aromatic carbocycles. The summed E-state index contributed by atoms with van der Waals surface area (Å²) in [5, 5.41) is 26.3. The van der Waals surface area contributed by atoms with Crippen LogP contribution >= 0.6 is 23.2 Å². The number of phenolic OH excluding ortho intramolecular Hbond substituents is 2. The van der Waals surface area contributed by atoms with Crippen molar-refractivity contribution >= 4 is 23.2 Å². The van der Waals surface area contributed by atoms with Crippen LogP contribution in [0.25, 0.3) is 11.1 Å². The number of benzene rings is 1. The van der Waals surface area contributed by atoms with Gasteiger partial charge in [-0.2, -0.15) is 0 Å². The van der Waals surface area contributed by atoms with Crippen LogP contribution in [0.4, 0.5) is 0 Å². The summed E-state index contributed by atoms with van der Waals surface area (Å²) in [6, 6.07) is 5.65. The molecule has 0 aliphatic heterocycles. The Hall–Kier alpha value is -1.52. The van der Waals surface area contributed by atoms with Gasteiger partial charge in [-0.15, -0.1) is 10.2 Å². The molecule has 4 nitrogen and oxygen atoms in total. The van der Waals surface area contributed by atoms with E-state index in [9.17, 15) is 5.11 Å². The zero-order chi connectivity index (χ0) is 11.7. The Kier molecular flexibility index (Phi) is 2.85. The highest BCUT2D eigenvalue weighted by Crippen LogP contribution is 2.35. The van der Waals surface area contributed by atoms with Gasteiger partial charge in [-0.25, -0.2) is 0 Å². The van der Waals surface area contributed by atoms with Gasteiger partial charge in [-0.05, 0) is 18.2 Å². The molecule has 0 aliphatic rings. The van der Waals surface area contributed by atoms with Crippen LogP contribution in [0.3, 0.4) is 0 Å². The number of hydrogen-bond acceptors (Lipinski definition) is 4. The summed E-state index contributed by atoms with van der Waals surface area (Å²) in [4.78, 5) is 0. The number of phenols is 2. The monoisotopic (exact) mass is 256 g/mol. The quantitative estimate of drug-likeness (QED) is 0.824. The molecule has 0 spiro atoms. The third-order valence-corrected chi connectivity index (χ3v) is 2.45. The summed E-state index contributed by atoms with van der Waals surface area (Å²) in [6.45, 7) is 0. The Labute approximate surface area is 101 Å². The molecule has 0 aliphatic carbocycles. The van der Waals surface area contributed by atoms with E-state index < -0.39 is 0 Å². The van der Waals surface area contributed by atoms with Crippen LogP contribution in [0.1, 0.15) is 0 Å². The highest BCUT2D eigenvalue weighted by molar-refractivity contribution is 6.33. The standard InChI is InChI=1S/C10H6Cl2N2O2/c11-9-4-7(10(12)14-13-9)6-2-1-5(15)3-8(6)16/h1-4,15-16H. The fraction of sp³-hybridized carbons (Fsp3) is 0. The van der Waals surface area contributed by atoms with Gasteiger partial charge in [0.25, 0.3) is 0 Å². The molecular formula is C10H6Cl2N2O2. The third kappa shape index (κ3) is 2.03. The molecular weight excluding hydrogens is 251 g/mol. The topological polar surface area (TPSA) is 66.2 Å². The van der Waals surface area contributed by atoms with Crippen molar-refractivity contribution in [3.05, 3.63) is 34.6 Å². The lowest BCUT2D eigenvalue weighted by Gasteiger charge is -2.06. The van der Waals surface area contributed by atoms with E-state index >= 15 is 0 Å². The number of halogens is 2. The lowest BCUT2D eigenvalue weighted by atomic mass is 10.1. The fourth-order valence-electron chi connectivity index (χ4n) is 1.29. The number of aromatic hydroxyl groups is 2. The van der Waals surface area contributed by atoms with E-state index in [1.54, 1.807) is 0 Å². The first-order valence-electron chi connectivity index (χ1n) is 4.29. The molecule has 0 unspecified atom stereocenters. The van der Waals surface area contributed by atoms with Crippen molar-refractivity contribution in [3.63, 3.8) is 0 Å². The van der Waals surface area contributed by atoms with E-state index in [2.05, 4.69) is 10.2 Å². The molecule has 2 aromatic rings. The average Bonchev–Trinajstić information content (AvgIpc) is 2.22. The third-order valence-electron chi connectivity index (χ3n) is 1.99. The van der Waals surface area contributed by atoms with Crippen LogP contribution in [-0.4, -0.2) is 20.4 Å². The highest BCUT2D eigenvalue weighted by Gasteiger charge is 2.11. The Morgan fingerprint density at radius 3 is 2.38 bits per heavy atom. The van der Waals surface area contributed by atoms with E-state index in [1.165, 1.54) is 24.3 Å². The molecule has 0 amide bonds. The maximum atomic E-state index is 9.65. The zero-order valence-corrected chi connectivity index (χ0v) is 9.37. The Bertz CT molecular complexity index is 546. The first-order valence-corrected chi connectivity index (χ1v) is 5.04. The summed E-state index contributed by atoms with van der Waals surface area (Å²) < 4.78 is 0. The summed E-state index contributed by atoms with van der Waals surface area (Å²) in [7, 11) is 0. The molecule has 0 bridgehead atoms. The van der Waals surface area contributed by atoms with Crippen LogP contribution in [0.2, 0.25) is 10.3 Å². The van der Waals surface area contributed by atoms with Crippen molar-refractivity contribution in [1.82, 2.24) is 10.2 Å². The van der Waals surface area contributed by atoms with Crippen LogP contribution in [-0.2, 0) is 0 Å². The largest absolute Gasteiger partial charge is 0.508 e. The van der Waals surface area contributed by atoms with Gasteiger partial charge in [0.05, 0.1) is 0 Å². The molecule has 0 atom stereocenters. The second-order valence-electron chi connectivity index (χ2n) is 3.07. The molecule has 1 heterocycles. The van der Waals surface area contributed by atoms with Gasteiger partial charge in [-0.1, -0.05) is 23.2 Å². The Balaban J connectivity index is 2.62. The van der Waals surface area contributed by atoms with Crippen LogP contribution < -0.4 is 0 Å². The minimum Gasteiger partial charge on any atom is -0.508 e. The van der Waals surface area contributed by atoms with E-state index in [-0.39, 0.29) is 21.8 Å². The van der Waals surface area contributed by atoms with Crippen molar-refractivity contribution in [3.8, 4) is 22.6 Å². The predicted octanol–water partition coefficient (Wildman–Crippen LogP) is 2.86. The normalized spacial score (nSPS) is 10.4. The van der Waals surface area contributed by atoms with Crippen molar-refractivity contribution in [1.29, 1.82) is 0 Å². The molecule has 0 radical (unpaired) electrons. The molecule has 0 saturated carbocycles. The van der Waals surface area contributed by atoms with Gasteiger partial charge in [0.2, 0.25) is 0 Å². The number of hydrogen-bond donors (Lipinski definition) is 2.